The van der Waals surface area contributed by atoms with E-state index in [9.17, 15) is 9.18 Å². The molecule has 0 saturated carbocycles. The largest absolute Gasteiger partial charge is 0.494 e. The zero-order chi connectivity index (χ0) is 18.5. The third-order valence-corrected chi connectivity index (χ3v) is 4.32. The first-order valence-corrected chi connectivity index (χ1v) is 8.35. The molecule has 3 nitrogen and oxygen atoms in total. The molecule has 0 radical (unpaired) electrons. The van der Waals surface area contributed by atoms with E-state index < -0.39 is 5.82 Å². The van der Waals surface area contributed by atoms with E-state index in [1.165, 1.54) is 19.2 Å². The summed E-state index contributed by atoms with van der Waals surface area (Å²) >= 11 is 0. The number of carbonyl (C=O) groups excluding carboxylic acids is 1. The second-order valence-corrected chi connectivity index (χ2v) is 6.02. The second-order valence-electron chi connectivity index (χ2n) is 6.02. The van der Waals surface area contributed by atoms with Crippen LogP contribution >= 0.6 is 0 Å². The Morgan fingerprint density at radius 2 is 1.69 bits per heavy atom. The van der Waals surface area contributed by atoms with Gasteiger partial charge in [-0.3, -0.25) is 4.79 Å². The number of ether oxygens (including phenoxy) is 1. The van der Waals surface area contributed by atoms with E-state index in [4.69, 9.17) is 4.74 Å². The van der Waals surface area contributed by atoms with Gasteiger partial charge in [0.05, 0.1) is 13.2 Å². The maximum Gasteiger partial charge on any atom is 0.252 e. The van der Waals surface area contributed by atoms with Crippen molar-refractivity contribution in [3.8, 4) is 5.75 Å². The van der Waals surface area contributed by atoms with Crippen LogP contribution in [0.1, 0.15) is 33.1 Å². The molecule has 1 atom stereocenters. The molecule has 0 aliphatic rings. The molecule has 0 saturated heterocycles. The molecule has 3 aromatic rings. The number of rotatable bonds is 5. The van der Waals surface area contributed by atoms with Gasteiger partial charge in [0.2, 0.25) is 0 Å². The van der Waals surface area contributed by atoms with Crippen LogP contribution in [0.15, 0.2) is 72.8 Å². The summed E-state index contributed by atoms with van der Waals surface area (Å²) in [6.07, 6.45) is 0. The summed E-state index contributed by atoms with van der Waals surface area (Å²) in [6, 6.07) is 21.5. The van der Waals surface area contributed by atoms with Gasteiger partial charge in [0.15, 0.2) is 11.6 Å². The standard InChI is InChI=1S/C22H20FNO2/c1-15-8-6-7-11-18(15)21(16-9-4-3-5-10-16)24-22(25)17-12-13-20(26-2)19(23)14-17/h3-14,21H,1-2H3,(H,24,25)/t21-/m0/s1. The quantitative estimate of drug-likeness (QED) is 0.727. The Hall–Kier alpha value is -3.14. The van der Waals surface area contributed by atoms with E-state index in [0.717, 1.165) is 16.7 Å². The summed E-state index contributed by atoms with van der Waals surface area (Å²) < 4.78 is 18.9. The van der Waals surface area contributed by atoms with E-state index in [1.807, 2.05) is 61.5 Å². The zero-order valence-corrected chi connectivity index (χ0v) is 14.7. The summed E-state index contributed by atoms with van der Waals surface area (Å²) in [5, 5.41) is 3.02. The van der Waals surface area contributed by atoms with Gasteiger partial charge in [0.1, 0.15) is 0 Å². The van der Waals surface area contributed by atoms with Crippen LogP contribution in [0.4, 0.5) is 4.39 Å². The Kier molecular flexibility index (Phi) is 5.32. The van der Waals surface area contributed by atoms with Gasteiger partial charge in [0.25, 0.3) is 5.91 Å². The number of halogens is 1. The minimum atomic E-state index is -0.563. The Labute approximate surface area is 152 Å². The zero-order valence-electron chi connectivity index (χ0n) is 14.7. The molecule has 0 aliphatic carbocycles. The van der Waals surface area contributed by atoms with Gasteiger partial charge in [-0.1, -0.05) is 54.6 Å². The number of hydrogen-bond donors (Lipinski definition) is 1. The second kappa shape index (κ2) is 7.83. The van der Waals surface area contributed by atoms with Crippen LogP contribution in [0.2, 0.25) is 0 Å². The monoisotopic (exact) mass is 349 g/mol. The topological polar surface area (TPSA) is 38.3 Å². The number of hydrogen-bond acceptors (Lipinski definition) is 2. The highest BCUT2D eigenvalue weighted by Crippen LogP contribution is 2.26. The molecule has 1 N–H and O–H groups in total. The fraction of sp³-hybridized carbons (Fsp3) is 0.136. The first-order valence-electron chi connectivity index (χ1n) is 8.35. The Bertz CT molecular complexity index is 909. The molecule has 0 aromatic heterocycles. The fourth-order valence-electron chi connectivity index (χ4n) is 2.92. The molecule has 0 spiro atoms. The van der Waals surface area contributed by atoms with Gasteiger partial charge in [-0.05, 0) is 41.8 Å². The van der Waals surface area contributed by atoms with Crippen LogP contribution < -0.4 is 10.1 Å². The highest BCUT2D eigenvalue weighted by Gasteiger charge is 2.20. The van der Waals surface area contributed by atoms with Gasteiger partial charge >= 0.3 is 0 Å². The van der Waals surface area contributed by atoms with Crippen molar-refractivity contribution in [3.63, 3.8) is 0 Å². The molecule has 132 valence electrons. The number of carbonyl (C=O) groups is 1. The lowest BCUT2D eigenvalue weighted by atomic mass is 9.94. The van der Waals surface area contributed by atoms with Crippen molar-refractivity contribution in [2.45, 2.75) is 13.0 Å². The molecule has 4 heteroatoms. The van der Waals surface area contributed by atoms with Gasteiger partial charge in [-0.15, -0.1) is 0 Å². The van der Waals surface area contributed by atoms with E-state index >= 15 is 0 Å². The summed E-state index contributed by atoms with van der Waals surface area (Å²) in [5.74, 6) is -0.795. The Morgan fingerprint density at radius 1 is 1.00 bits per heavy atom. The lowest BCUT2D eigenvalue weighted by Crippen LogP contribution is -2.29. The molecule has 3 rings (SSSR count). The highest BCUT2D eigenvalue weighted by atomic mass is 19.1. The molecule has 0 unspecified atom stereocenters. The number of benzene rings is 3. The Morgan fingerprint density at radius 3 is 2.35 bits per heavy atom. The third kappa shape index (κ3) is 3.75. The van der Waals surface area contributed by atoms with Crippen LogP contribution in [0.5, 0.6) is 5.75 Å². The van der Waals surface area contributed by atoms with Crippen molar-refractivity contribution >= 4 is 5.91 Å². The minimum Gasteiger partial charge on any atom is -0.494 e. The normalized spacial score (nSPS) is 11.7. The highest BCUT2D eigenvalue weighted by molar-refractivity contribution is 5.94. The Balaban J connectivity index is 1.95. The van der Waals surface area contributed by atoms with Crippen molar-refractivity contribution in [1.82, 2.24) is 5.32 Å². The molecule has 1 amide bonds. The fourth-order valence-corrected chi connectivity index (χ4v) is 2.92. The van der Waals surface area contributed by atoms with Gasteiger partial charge < -0.3 is 10.1 Å². The summed E-state index contributed by atoms with van der Waals surface area (Å²) in [7, 11) is 1.39. The summed E-state index contributed by atoms with van der Waals surface area (Å²) in [4.78, 5) is 12.7. The van der Waals surface area contributed by atoms with Crippen LogP contribution in [0.3, 0.4) is 0 Å². The maximum atomic E-state index is 14.0. The van der Waals surface area contributed by atoms with Gasteiger partial charge in [-0.2, -0.15) is 0 Å². The number of methoxy groups -OCH3 is 1. The van der Waals surface area contributed by atoms with Crippen LogP contribution in [0.25, 0.3) is 0 Å². The van der Waals surface area contributed by atoms with Crippen molar-refractivity contribution in [2.24, 2.45) is 0 Å². The molecule has 0 aliphatic heterocycles. The van der Waals surface area contributed by atoms with E-state index in [0.29, 0.717) is 0 Å². The SMILES string of the molecule is COc1ccc(C(=O)N[C@@H](c2ccccc2)c2ccccc2C)cc1F. The third-order valence-electron chi connectivity index (χ3n) is 4.32. The lowest BCUT2D eigenvalue weighted by molar-refractivity contribution is 0.0942. The number of amides is 1. The molecule has 0 heterocycles. The summed E-state index contributed by atoms with van der Waals surface area (Å²) in [5.41, 5.74) is 3.28. The predicted molar refractivity (Wildman–Crippen MR) is 99.9 cm³/mol. The average Bonchev–Trinajstić information content (AvgIpc) is 2.67. The van der Waals surface area contributed by atoms with E-state index in [-0.39, 0.29) is 23.3 Å². The van der Waals surface area contributed by atoms with Gasteiger partial charge in [0, 0.05) is 5.56 Å². The molecule has 0 bridgehead atoms. The molecule has 3 aromatic carbocycles. The lowest BCUT2D eigenvalue weighted by Gasteiger charge is -2.22. The first-order chi connectivity index (χ1) is 12.6. The minimum absolute atomic E-state index is 0.111. The smallest absolute Gasteiger partial charge is 0.252 e. The summed E-state index contributed by atoms with van der Waals surface area (Å²) in [6.45, 7) is 2.00. The van der Waals surface area contributed by atoms with Gasteiger partial charge in [-0.25, -0.2) is 4.39 Å². The van der Waals surface area contributed by atoms with Crippen LogP contribution in [0, 0.1) is 12.7 Å². The number of aryl methyl sites for hydroxylation is 1. The molecule has 26 heavy (non-hydrogen) atoms. The maximum absolute atomic E-state index is 14.0. The van der Waals surface area contributed by atoms with Crippen molar-refractivity contribution in [1.29, 1.82) is 0 Å². The predicted octanol–water partition coefficient (Wildman–Crippen LogP) is 4.66. The molecule has 0 fully saturated rings. The molecular weight excluding hydrogens is 329 g/mol. The van der Waals surface area contributed by atoms with Crippen molar-refractivity contribution in [3.05, 3.63) is 101 Å². The van der Waals surface area contributed by atoms with Crippen LogP contribution in [-0.4, -0.2) is 13.0 Å². The number of nitrogens with one attached hydrogen (secondary N) is 1. The van der Waals surface area contributed by atoms with Crippen molar-refractivity contribution in [2.75, 3.05) is 7.11 Å². The van der Waals surface area contributed by atoms with E-state index in [2.05, 4.69) is 5.32 Å². The van der Waals surface area contributed by atoms with Crippen LogP contribution in [-0.2, 0) is 0 Å². The molecular formula is C22H20FNO2. The van der Waals surface area contributed by atoms with Crippen molar-refractivity contribution < 1.29 is 13.9 Å². The average molecular weight is 349 g/mol. The first kappa shape index (κ1) is 17.7. The van der Waals surface area contributed by atoms with E-state index in [1.54, 1.807) is 6.07 Å².